The van der Waals surface area contributed by atoms with E-state index in [1.54, 1.807) is 20.3 Å². The van der Waals surface area contributed by atoms with Gasteiger partial charge in [-0.3, -0.25) is 4.79 Å². The molecule has 1 heterocycles. The minimum Gasteiger partial charge on any atom is -0.497 e. The molecular formula is C21H22N4O3. The van der Waals surface area contributed by atoms with E-state index in [0.717, 1.165) is 22.7 Å². The van der Waals surface area contributed by atoms with E-state index in [2.05, 4.69) is 20.6 Å². The lowest BCUT2D eigenvalue weighted by Gasteiger charge is -2.10. The summed E-state index contributed by atoms with van der Waals surface area (Å²) in [6.07, 6.45) is 0. The lowest BCUT2D eigenvalue weighted by atomic mass is 10.2. The Balaban J connectivity index is 1.67. The highest BCUT2D eigenvalue weighted by Gasteiger charge is 2.11. The number of benzene rings is 2. The maximum atomic E-state index is 12.5. The van der Waals surface area contributed by atoms with Crippen LogP contribution in [0.25, 0.3) is 0 Å². The van der Waals surface area contributed by atoms with Crippen LogP contribution < -0.4 is 20.1 Å². The summed E-state index contributed by atoms with van der Waals surface area (Å²) in [5.41, 5.74) is 2.77. The van der Waals surface area contributed by atoms with E-state index in [1.165, 1.54) is 0 Å². The standard InChI is InChI=1S/C21H22N4O3/c1-14-12-19(20(26)22-13-15-4-8-17(27-2)9-5-15)25-21(23-14)24-16-6-10-18(28-3)11-7-16/h4-12H,13H2,1-3H3,(H,22,26)(H,23,24,25). The molecule has 0 spiro atoms. The molecule has 0 aliphatic heterocycles. The highest BCUT2D eigenvalue weighted by atomic mass is 16.5. The van der Waals surface area contributed by atoms with Gasteiger partial charge in [-0.1, -0.05) is 12.1 Å². The average Bonchev–Trinajstić information content (AvgIpc) is 2.72. The van der Waals surface area contributed by atoms with E-state index >= 15 is 0 Å². The predicted octanol–water partition coefficient (Wildman–Crippen LogP) is 3.48. The van der Waals surface area contributed by atoms with Gasteiger partial charge in [-0.2, -0.15) is 0 Å². The van der Waals surface area contributed by atoms with Gasteiger partial charge in [0.2, 0.25) is 5.95 Å². The molecule has 0 fully saturated rings. The zero-order valence-corrected chi connectivity index (χ0v) is 16.0. The number of anilines is 2. The maximum Gasteiger partial charge on any atom is 0.270 e. The Hall–Kier alpha value is -3.61. The van der Waals surface area contributed by atoms with Gasteiger partial charge in [0.1, 0.15) is 17.2 Å². The number of nitrogens with one attached hydrogen (secondary N) is 2. The summed E-state index contributed by atoms with van der Waals surface area (Å²) in [5.74, 6) is 1.63. The molecule has 0 saturated heterocycles. The van der Waals surface area contributed by atoms with Crippen LogP contribution in [0.4, 0.5) is 11.6 Å². The number of aromatic nitrogens is 2. The van der Waals surface area contributed by atoms with Gasteiger partial charge in [-0.05, 0) is 55.0 Å². The monoisotopic (exact) mass is 378 g/mol. The Kier molecular flexibility index (Phi) is 6.06. The number of methoxy groups -OCH3 is 2. The second-order valence-corrected chi connectivity index (χ2v) is 6.10. The van der Waals surface area contributed by atoms with Crippen molar-refractivity contribution in [1.82, 2.24) is 15.3 Å². The molecule has 2 aromatic carbocycles. The highest BCUT2D eigenvalue weighted by Crippen LogP contribution is 2.18. The van der Waals surface area contributed by atoms with Crippen molar-refractivity contribution >= 4 is 17.5 Å². The largest absolute Gasteiger partial charge is 0.497 e. The van der Waals surface area contributed by atoms with Gasteiger partial charge >= 0.3 is 0 Å². The normalized spacial score (nSPS) is 10.2. The van der Waals surface area contributed by atoms with Crippen molar-refractivity contribution in [3.8, 4) is 11.5 Å². The van der Waals surface area contributed by atoms with Crippen molar-refractivity contribution in [2.75, 3.05) is 19.5 Å². The Morgan fingerprint density at radius 2 is 1.54 bits per heavy atom. The Morgan fingerprint density at radius 3 is 2.14 bits per heavy atom. The van der Waals surface area contributed by atoms with Gasteiger partial charge in [0.25, 0.3) is 5.91 Å². The number of rotatable bonds is 7. The van der Waals surface area contributed by atoms with Gasteiger partial charge in [0, 0.05) is 17.9 Å². The first-order valence-electron chi connectivity index (χ1n) is 8.75. The van der Waals surface area contributed by atoms with Gasteiger partial charge in [-0.15, -0.1) is 0 Å². The molecule has 0 bridgehead atoms. The summed E-state index contributed by atoms with van der Waals surface area (Å²) in [4.78, 5) is 21.2. The molecule has 3 rings (SSSR count). The van der Waals surface area contributed by atoms with E-state index in [-0.39, 0.29) is 5.91 Å². The van der Waals surface area contributed by atoms with Crippen LogP contribution in [0.1, 0.15) is 21.7 Å². The van der Waals surface area contributed by atoms with E-state index in [1.807, 2.05) is 55.5 Å². The first kappa shape index (κ1) is 19.2. The molecule has 28 heavy (non-hydrogen) atoms. The zero-order chi connectivity index (χ0) is 19.9. The Morgan fingerprint density at radius 1 is 0.929 bits per heavy atom. The lowest BCUT2D eigenvalue weighted by Crippen LogP contribution is -2.24. The average molecular weight is 378 g/mol. The van der Waals surface area contributed by atoms with E-state index < -0.39 is 0 Å². The van der Waals surface area contributed by atoms with Crippen molar-refractivity contribution in [2.24, 2.45) is 0 Å². The molecule has 1 amide bonds. The minimum absolute atomic E-state index is 0.265. The Labute approximate surface area is 163 Å². The van der Waals surface area contributed by atoms with Crippen LogP contribution >= 0.6 is 0 Å². The molecule has 0 atom stereocenters. The van der Waals surface area contributed by atoms with E-state index in [9.17, 15) is 4.79 Å². The van der Waals surface area contributed by atoms with Crippen molar-refractivity contribution in [2.45, 2.75) is 13.5 Å². The number of hydrogen-bond donors (Lipinski definition) is 2. The molecular weight excluding hydrogens is 356 g/mol. The molecule has 144 valence electrons. The van der Waals surface area contributed by atoms with Crippen molar-refractivity contribution in [1.29, 1.82) is 0 Å². The third kappa shape index (κ3) is 4.97. The third-order valence-electron chi connectivity index (χ3n) is 4.05. The highest BCUT2D eigenvalue weighted by molar-refractivity contribution is 5.92. The number of carbonyl (C=O) groups excluding carboxylic acids is 1. The molecule has 0 saturated carbocycles. The summed E-state index contributed by atoms with van der Waals surface area (Å²) >= 11 is 0. The maximum absolute atomic E-state index is 12.5. The van der Waals surface area contributed by atoms with Gasteiger partial charge < -0.3 is 20.1 Å². The van der Waals surface area contributed by atoms with Gasteiger partial charge in [-0.25, -0.2) is 9.97 Å². The molecule has 0 aliphatic carbocycles. The number of ether oxygens (including phenoxy) is 2. The molecule has 0 radical (unpaired) electrons. The van der Waals surface area contributed by atoms with Crippen molar-refractivity contribution in [3.63, 3.8) is 0 Å². The van der Waals surface area contributed by atoms with Crippen LogP contribution in [-0.2, 0) is 6.54 Å². The van der Waals surface area contributed by atoms with Crippen molar-refractivity contribution < 1.29 is 14.3 Å². The fraction of sp³-hybridized carbons (Fsp3) is 0.190. The van der Waals surface area contributed by atoms with Gasteiger partial charge in [0.05, 0.1) is 14.2 Å². The number of amides is 1. The first-order chi connectivity index (χ1) is 13.6. The summed E-state index contributed by atoms with van der Waals surface area (Å²) in [5, 5.41) is 5.98. The Bertz CT molecular complexity index is 941. The summed E-state index contributed by atoms with van der Waals surface area (Å²) in [6.45, 7) is 2.22. The van der Waals surface area contributed by atoms with Crippen LogP contribution in [0.15, 0.2) is 54.6 Å². The van der Waals surface area contributed by atoms with Gasteiger partial charge in [0.15, 0.2) is 0 Å². The SMILES string of the molecule is COc1ccc(CNC(=O)c2cc(C)nc(Nc3ccc(OC)cc3)n2)cc1. The fourth-order valence-corrected chi connectivity index (χ4v) is 2.56. The van der Waals surface area contributed by atoms with Crippen molar-refractivity contribution in [3.05, 3.63) is 71.5 Å². The summed E-state index contributed by atoms with van der Waals surface area (Å²) in [7, 11) is 3.23. The van der Waals surface area contributed by atoms with Crippen LogP contribution in [-0.4, -0.2) is 30.1 Å². The number of aryl methyl sites for hydroxylation is 1. The van der Waals surface area contributed by atoms with Crippen LogP contribution in [0.3, 0.4) is 0 Å². The molecule has 2 N–H and O–H groups in total. The quantitative estimate of drug-likeness (QED) is 0.655. The summed E-state index contributed by atoms with van der Waals surface area (Å²) < 4.78 is 10.3. The second-order valence-electron chi connectivity index (χ2n) is 6.10. The third-order valence-corrected chi connectivity index (χ3v) is 4.05. The smallest absolute Gasteiger partial charge is 0.270 e. The molecule has 1 aromatic heterocycles. The molecule has 7 nitrogen and oxygen atoms in total. The topological polar surface area (TPSA) is 85.4 Å². The van der Waals surface area contributed by atoms with Crippen LogP contribution in [0.2, 0.25) is 0 Å². The molecule has 7 heteroatoms. The second kappa shape index (κ2) is 8.85. The lowest BCUT2D eigenvalue weighted by molar-refractivity contribution is 0.0945. The molecule has 0 aliphatic rings. The zero-order valence-electron chi connectivity index (χ0n) is 16.0. The number of hydrogen-bond acceptors (Lipinski definition) is 6. The first-order valence-corrected chi connectivity index (χ1v) is 8.75. The van der Waals surface area contributed by atoms with Crippen LogP contribution in [0, 0.1) is 6.92 Å². The number of nitrogens with zero attached hydrogens (tertiary/aromatic N) is 2. The predicted molar refractivity (Wildman–Crippen MR) is 107 cm³/mol. The minimum atomic E-state index is -0.265. The summed E-state index contributed by atoms with van der Waals surface area (Å²) in [6, 6.07) is 16.5. The van der Waals surface area contributed by atoms with E-state index in [0.29, 0.717) is 23.9 Å². The molecule has 3 aromatic rings. The van der Waals surface area contributed by atoms with Crippen LogP contribution in [0.5, 0.6) is 11.5 Å². The number of carbonyl (C=O) groups is 1. The fourth-order valence-electron chi connectivity index (χ4n) is 2.56. The molecule has 0 unspecified atom stereocenters. The van der Waals surface area contributed by atoms with E-state index in [4.69, 9.17) is 9.47 Å².